The molecule has 0 saturated heterocycles. The maximum atomic E-state index is 10.0. The molecule has 0 amide bonds. The van der Waals surface area contributed by atoms with E-state index in [4.69, 9.17) is 18.9 Å². The zero-order chi connectivity index (χ0) is 31.0. The van der Waals surface area contributed by atoms with Crippen LogP contribution in [-0.2, 0) is 24.9 Å². The maximum Gasteiger partial charge on any atom is 0.216 e. The van der Waals surface area contributed by atoms with E-state index in [2.05, 4.69) is 73.4 Å². The number of furan rings is 2. The van der Waals surface area contributed by atoms with Gasteiger partial charge in [-0.05, 0) is 80.8 Å². The van der Waals surface area contributed by atoms with Crippen molar-refractivity contribution in [2.45, 2.75) is 34.6 Å². The van der Waals surface area contributed by atoms with Gasteiger partial charge in [0.15, 0.2) is 11.4 Å². The molecule has 0 aliphatic carbocycles. The quantitative estimate of drug-likeness (QED) is 0.109. The monoisotopic (exact) mass is 772 g/mol. The molecule has 0 saturated carbocycles. The van der Waals surface area contributed by atoms with Gasteiger partial charge < -0.3 is 13.9 Å². The van der Waals surface area contributed by atoms with Crippen LogP contribution in [0.5, 0.6) is 0 Å². The number of benzene rings is 3. The number of rotatable bonds is 4. The largest absolute Gasteiger partial charge is 0.512 e. The Balaban J connectivity index is 0.000000452. The van der Waals surface area contributed by atoms with Crippen molar-refractivity contribution in [3.05, 3.63) is 120 Å². The molecule has 4 aromatic heterocycles. The number of aliphatic hydroxyl groups is 1. The molecule has 0 unspecified atom stereocenters. The smallest absolute Gasteiger partial charge is 0.216 e. The topological polar surface area (TPSA) is 89.4 Å². The average molecular weight is 772 g/mol. The van der Waals surface area contributed by atoms with E-state index in [1.807, 2.05) is 43.3 Å². The van der Waals surface area contributed by atoms with Gasteiger partial charge in [-0.15, -0.1) is 18.2 Å². The van der Waals surface area contributed by atoms with E-state index in [0.29, 0.717) is 5.71 Å². The van der Waals surface area contributed by atoms with Gasteiger partial charge in [-0.2, -0.15) is 0 Å². The molecule has 7 heteroatoms. The van der Waals surface area contributed by atoms with Crippen LogP contribution in [0.3, 0.4) is 0 Å². The summed E-state index contributed by atoms with van der Waals surface area (Å²) < 4.78 is 12.3. The molecule has 0 aliphatic rings. The first-order chi connectivity index (χ1) is 21.2. The number of aromatic nitrogens is 2. The zero-order valence-corrected chi connectivity index (χ0v) is 28.0. The summed E-state index contributed by atoms with van der Waals surface area (Å²) in [4.78, 5) is 19.5. The van der Waals surface area contributed by atoms with Crippen LogP contribution >= 0.6 is 0 Å². The molecule has 6 nitrogen and oxygen atoms in total. The number of allylic oxidation sites excluding steroid dienone is 2. The molecule has 0 aliphatic heterocycles. The van der Waals surface area contributed by atoms with E-state index in [1.165, 1.54) is 42.2 Å². The number of fused-ring (bicyclic) bond motifs is 4. The molecule has 7 rings (SSSR count). The van der Waals surface area contributed by atoms with Crippen LogP contribution in [0.25, 0.3) is 66.9 Å². The van der Waals surface area contributed by atoms with Gasteiger partial charge >= 0.3 is 0 Å². The van der Waals surface area contributed by atoms with Gasteiger partial charge in [-0.3, -0.25) is 9.78 Å². The number of ketones is 1. The summed E-state index contributed by atoms with van der Waals surface area (Å²) in [5.74, 6) is 0.728. The van der Waals surface area contributed by atoms with Crippen molar-refractivity contribution in [3.63, 3.8) is 0 Å². The fourth-order valence-electron chi connectivity index (χ4n) is 5.48. The van der Waals surface area contributed by atoms with Gasteiger partial charge in [-0.25, -0.2) is 4.98 Å². The van der Waals surface area contributed by atoms with Crippen LogP contribution in [0.15, 0.2) is 106 Å². The average Bonchev–Trinajstić information content (AvgIpc) is 3.57. The molecule has 4 heterocycles. The fourth-order valence-corrected chi connectivity index (χ4v) is 5.48. The Morgan fingerprint density at radius 3 is 2.20 bits per heavy atom. The molecular weight excluding hydrogens is 741 g/mol. The van der Waals surface area contributed by atoms with Gasteiger partial charge in [0.05, 0.1) is 16.9 Å². The maximum absolute atomic E-state index is 10.0. The van der Waals surface area contributed by atoms with Crippen molar-refractivity contribution in [2.75, 3.05) is 0 Å². The molecule has 227 valence electrons. The summed E-state index contributed by atoms with van der Waals surface area (Å²) in [7, 11) is 0. The minimum Gasteiger partial charge on any atom is -0.512 e. The van der Waals surface area contributed by atoms with Crippen LogP contribution in [0, 0.1) is 26.8 Å². The van der Waals surface area contributed by atoms with Crippen molar-refractivity contribution < 1.29 is 38.8 Å². The first-order valence-electron chi connectivity index (χ1n) is 14.3. The summed E-state index contributed by atoms with van der Waals surface area (Å²) >= 11 is 0. The number of pyridine rings is 2. The predicted molar refractivity (Wildman–Crippen MR) is 176 cm³/mol. The third kappa shape index (κ3) is 6.51. The Hall–Kier alpha value is -4.84. The van der Waals surface area contributed by atoms with Crippen LogP contribution in [0.4, 0.5) is 0 Å². The number of aliphatic hydroxyl groups excluding tert-OH is 1. The van der Waals surface area contributed by atoms with Gasteiger partial charge in [0.25, 0.3) is 0 Å². The number of aryl methyl sites for hydroxylation is 3. The van der Waals surface area contributed by atoms with E-state index in [9.17, 15) is 4.79 Å². The van der Waals surface area contributed by atoms with Gasteiger partial charge in [0.1, 0.15) is 5.76 Å². The fraction of sp³-hybridized carbons (Fsp3) is 0.132. The summed E-state index contributed by atoms with van der Waals surface area (Å²) in [5.41, 5.74) is 11.5. The molecule has 3 aromatic carbocycles. The Bertz CT molecular complexity index is 2180. The van der Waals surface area contributed by atoms with Crippen LogP contribution < -0.4 is 0 Å². The van der Waals surface area contributed by atoms with E-state index in [1.54, 1.807) is 0 Å². The second kappa shape index (κ2) is 13.0. The summed E-state index contributed by atoms with van der Waals surface area (Å²) in [5, 5.41) is 10.4. The summed E-state index contributed by atoms with van der Waals surface area (Å²) in [6, 6.07) is 32.2. The van der Waals surface area contributed by atoms with Crippen molar-refractivity contribution in [1.29, 1.82) is 0 Å². The van der Waals surface area contributed by atoms with Crippen molar-refractivity contribution in [1.82, 2.24) is 9.97 Å². The molecule has 0 spiro atoms. The van der Waals surface area contributed by atoms with E-state index >= 15 is 0 Å². The number of nitrogens with zero attached hydrogens (tertiary/aromatic N) is 2. The van der Waals surface area contributed by atoms with Crippen molar-refractivity contribution >= 4 is 39.0 Å². The van der Waals surface area contributed by atoms with Crippen molar-refractivity contribution in [3.8, 4) is 33.7 Å². The third-order valence-corrected chi connectivity index (χ3v) is 7.42. The van der Waals surface area contributed by atoms with E-state index in [-0.39, 0.29) is 31.6 Å². The first kappa shape index (κ1) is 31.6. The minimum atomic E-state index is -0.125. The number of carbonyl (C=O) groups is 1. The second-order valence-corrected chi connectivity index (χ2v) is 10.9. The first-order valence-corrected chi connectivity index (χ1v) is 14.3. The molecule has 0 atom stereocenters. The van der Waals surface area contributed by atoms with Crippen LogP contribution in [-0.4, -0.2) is 20.9 Å². The zero-order valence-electron chi connectivity index (χ0n) is 25.6. The molecule has 7 aromatic rings. The summed E-state index contributed by atoms with van der Waals surface area (Å²) in [6.45, 7) is 9.11. The number of carbonyl (C=O) groups excluding carboxylic acids is 1. The van der Waals surface area contributed by atoms with Crippen LogP contribution in [0.1, 0.15) is 30.7 Å². The summed E-state index contributed by atoms with van der Waals surface area (Å²) in [6.07, 6.45) is 1.17. The standard InChI is InChI=1S/C33H23N2O2.C5H8O2.Ir/c1-19-6-4-7-20(2)31(19)23-13-11-22(12-14-23)30-18-28-29(36-30)17-16-27(35-28)26-9-5-8-24-25-15-10-21(3)34-33(25)37-32(24)26;1-4(6)3-5(2)7;/h4-8,10-18H,1-3H3;3,6H,1-2H3;/q-1;;/b;4-3-;. The number of hydrogen-bond acceptors (Lipinski definition) is 6. The molecule has 0 bridgehead atoms. The van der Waals surface area contributed by atoms with Gasteiger partial charge in [0, 0.05) is 48.9 Å². The molecule has 1 radical (unpaired) electrons. The van der Waals surface area contributed by atoms with Crippen molar-refractivity contribution in [2.24, 2.45) is 0 Å². The Kier molecular flexibility index (Phi) is 9.14. The molecule has 1 N–H and O–H groups in total. The Labute approximate surface area is 274 Å². The number of hydrogen-bond donors (Lipinski definition) is 1. The second-order valence-electron chi connectivity index (χ2n) is 10.9. The molecular formula is C38H31IrN2O4-. The molecule has 45 heavy (non-hydrogen) atoms. The van der Waals surface area contributed by atoms with E-state index < -0.39 is 0 Å². The normalized spacial score (nSPS) is 11.4. The minimum absolute atomic E-state index is 0. The molecule has 0 fully saturated rings. The predicted octanol–water partition coefficient (Wildman–Crippen LogP) is 9.88. The van der Waals surface area contributed by atoms with Gasteiger partial charge in [0.2, 0.25) is 5.71 Å². The van der Waals surface area contributed by atoms with Crippen LogP contribution in [0.2, 0.25) is 0 Å². The Morgan fingerprint density at radius 2 is 1.53 bits per heavy atom. The van der Waals surface area contributed by atoms with E-state index in [0.717, 1.165) is 55.7 Å². The SMILES string of the molecule is CC(=O)/C=C(/C)O.Cc1ccc2c(n1)oc1c(-c3ccc4oc(-c5ccc(-c6c(C)cccc6C)cc5)cc4n3)[c-]ccc12.[Ir]. The third-order valence-electron chi connectivity index (χ3n) is 7.42. The Morgan fingerprint density at radius 1 is 0.822 bits per heavy atom. The van der Waals surface area contributed by atoms with Gasteiger partial charge in [-0.1, -0.05) is 59.5 Å².